The highest BCUT2D eigenvalue weighted by Gasteiger charge is 2.44. The molecule has 0 aromatic heterocycles. The van der Waals surface area contributed by atoms with Crippen LogP contribution in [0.4, 0.5) is 4.79 Å². The molecular weight excluding hydrogens is 198 g/mol. The molecule has 0 aliphatic carbocycles. The molecule has 0 N–H and O–H groups in total. The van der Waals surface area contributed by atoms with Gasteiger partial charge in [-0.05, 0) is 5.92 Å². The highest BCUT2D eigenvalue weighted by atomic mass is 16.2. The number of nitriles is 1. The number of carbonyl (C=O) groups excluding carboxylic acids is 3. The first-order valence-corrected chi connectivity index (χ1v) is 4.53. The molecule has 6 heteroatoms. The van der Waals surface area contributed by atoms with Gasteiger partial charge in [0.1, 0.15) is 6.54 Å². The summed E-state index contributed by atoms with van der Waals surface area (Å²) < 4.78 is 0. The molecule has 0 unspecified atom stereocenters. The summed E-state index contributed by atoms with van der Waals surface area (Å²) in [6.45, 7) is 3.49. The number of carbonyl (C=O) groups is 3. The number of imide groups is 2. The van der Waals surface area contributed by atoms with Crippen LogP contribution in [0.25, 0.3) is 0 Å². The Labute approximate surface area is 87.0 Å². The first-order chi connectivity index (χ1) is 6.99. The van der Waals surface area contributed by atoms with Crippen molar-refractivity contribution in [3.8, 4) is 6.07 Å². The number of hydrogen-bond acceptors (Lipinski definition) is 4. The first-order valence-electron chi connectivity index (χ1n) is 4.53. The van der Waals surface area contributed by atoms with Gasteiger partial charge in [-0.2, -0.15) is 5.26 Å². The van der Waals surface area contributed by atoms with Gasteiger partial charge < -0.3 is 0 Å². The fourth-order valence-corrected chi connectivity index (χ4v) is 1.29. The van der Waals surface area contributed by atoms with Crippen LogP contribution in [0.1, 0.15) is 13.8 Å². The zero-order chi connectivity index (χ0) is 11.6. The van der Waals surface area contributed by atoms with Crippen molar-refractivity contribution in [3.63, 3.8) is 0 Å². The molecule has 1 saturated heterocycles. The number of nitrogens with zero attached hydrogens (tertiary/aromatic N) is 3. The Morgan fingerprint density at radius 2 is 1.73 bits per heavy atom. The molecule has 0 spiro atoms. The van der Waals surface area contributed by atoms with Crippen LogP contribution in [0.5, 0.6) is 0 Å². The minimum Gasteiger partial charge on any atom is -0.263 e. The molecule has 0 aromatic carbocycles. The average molecular weight is 209 g/mol. The van der Waals surface area contributed by atoms with Crippen LogP contribution in [0.3, 0.4) is 0 Å². The van der Waals surface area contributed by atoms with E-state index in [1.54, 1.807) is 6.07 Å². The summed E-state index contributed by atoms with van der Waals surface area (Å²) in [5.41, 5.74) is 0. The van der Waals surface area contributed by atoms with Crippen LogP contribution in [-0.2, 0) is 9.59 Å². The van der Waals surface area contributed by atoms with Gasteiger partial charge in [-0.3, -0.25) is 14.5 Å². The standard InChI is InChI=1S/C9H11N3O3/c1-6(2)5-12-8(14)7(13)11(4-3-10)9(12)15/h6H,4-5H2,1-2H3. The number of urea groups is 1. The Morgan fingerprint density at radius 1 is 1.20 bits per heavy atom. The van der Waals surface area contributed by atoms with Crippen molar-refractivity contribution in [2.75, 3.05) is 13.1 Å². The maximum absolute atomic E-state index is 11.5. The quantitative estimate of drug-likeness (QED) is 0.371. The van der Waals surface area contributed by atoms with Crippen LogP contribution in [0, 0.1) is 17.2 Å². The summed E-state index contributed by atoms with van der Waals surface area (Å²) >= 11 is 0. The molecule has 1 fully saturated rings. The summed E-state index contributed by atoms with van der Waals surface area (Å²) in [5, 5.41) is 8.39. The van der Waals surface area contributed by atoms with Gasteiger partial charge in [0.15, 0.2) is 0 Å². The van der Waals surface area contributed by atoms with Gasteiger partial charge in [0.05, 0.1) is 6.07 Å². The second-order valence-corrected chi connectivity index (χ2v) is 3.64. The van der Waals surface area contributed by atoms with Crippen molar-refractivity contribution < 1.29 is 14.4 Å². The van der Waals surface area contributed by atoms with Crippen molar-refractivity contribution in [1.82, 2.24) is 9.80 Å². The second-order valence-electron chi connectivity index (χ2n) is 3.64. The molecule has 0 aromatic rings. The van der Waals surface area contributed by atoms with E-state index in [2.05, 4.69) is 0 Å². The lowest BCUT2D eigenvalue weighted by atomic mass is 10.2. The number of hydrogen-bond donors (Lipinski definition) is 0. The van der Waals surface area contributed by atoms with E-state index in [0.717, 1.165) is 4.90 Å². The van der Waals surface area contributed by atoms with Crippen molar-refractivity contribution in [2.45, 2.75) is 13.8 Å². The van der Waals surface area contributed by atoms with Gasteiger partial charge in [-0.15, -0.1) is 0 Å². The molecule has 1 rings (SSSR count). The molecule has 1 heterocycles. The largest absolute Gasteiger partial charge is 0.335 e. The van der Waals surface area contributed by atoms with Crippen LogP contribution in [-0.4, -0.2) is 40.7 Å². The van der Waals surface area contributed by atoms with E-state index in [1.807, 2.05) is 13.8 Å². The van der Waals surface area contributed by atoms with E-state index in [9.17, 15) is 14.4 Å². The third-order valence-electron chi connectivity index (χ3n) is 1.91. The van der Waals surface area contributed by atoms with Crippen molar-refractivity contribution >= 4 is 17.8 Å². The number of amides is 4. The van der Waals surface area contributed by atoms with Crippen molar-refractivity contribution in [1.29, 1.82) is 5.26 Å². The zero-order valence-electron chi connectivity index (χ0n) is 8.56. The Kier molecular flexibility index (Phi) is 3.04. The molecule has 15 heavy (non-hydrogen) atoms. The van der Waals surface area contributed by atoms with E-state index in [-0.39, 0.29) is 19.0 Å². The Hall–Kier alpha value is -1.90. The normalized spacial score (nSPS) is 16.5. The van der Waals surface area contributed by atoms with E-state index in [0.29, 0.717) is 4.90 Å². The first kappa shape index (κ1) is 11.2. The van der Waals surface area contributed by atoms with Crippen LogP contribution in [0.2, 0.25) is 0 Å². The molecule has 0 atom stereocenters. The number of rotatable bonds is 3. The highest BCUT2D eigenvalue weighted by Crippen LogP contribution is 2.13. The minimum absolute atomic E-state index is 0.0905. The van der Waals surface area contributed by atoms with Crippen LogP contribution < -0.4 is 0 Å². The molecule has 6 nitrogen and oxygen atoms in total. The van der Waals surface area contributed by atoms with Gasteiger partial charge in [0.2, 0.25) is 0 Å². The molecule has 80 valence electrons. The predicted octanol–water partition coefficient (Wildman–Crippen LogP) is -0.0432. The third-order valence-corrected chi connectivity index (χ3v) is 1.91. The minimum atomic E-state index is -0.915. The summed E-state index contributed by atoms with van der Waals surface area (Å²) in [6.07, 6.45) is 0. The Balaban J connectivity index is 2.86. The van der Waals surface area contributed by atoms with Gasteiger partial charge >= 0.3 is 17.8 Å². The van der Waals surface area contributed by atoms with E-state index >= 15 is 0 Å². The summed E-state index contributed by atoms with van der Waals surface area (Å²) in [6, 6.07) is 0.976. The Morgan fingerprint density at radius 3 is 2.20 bits per heavy atom. The van der Waals surface area contributed by atoms with Crippen molar-refractivity contribution in [2.24, 2.45) is 5.92 Å². The van der Waals surface area contributed by atoms with Crippen LogP contribution >= 0.6 is 0 Å². The molecule has 0 radical (unpaired) electrons. The maximum atomic E-state index is 11.5. The van der Waals surface area contributed by atoms with E-state index < -0.39 is 17.8 Å². The summed E-state index contributed by atoms with van der Waals surface area (Å²) in [5.74, 6) is -1.67. The van der Waals surface area contributed by atoms with Gasteiger partial charge in [-0.25, -0.2) is 9.69 Å². The fraction of sp³-hybridized carbons (Fsp3) is 0.556. The monoisotopic (exact) mass is 209 g/mol. The lowest BCUT2D eigenvalue weighted by Crippen LogP contribution is -2.35. The summed E-state index contributed by atoms with van der Waals surface area (Å²) in [7, 11) is 0. The topological polar surface area (TPSA) is 81.5 Å². The lowest BCUT2D eigenvalue weighted by Gasteiger charge is -2.15. The maximum Gasteiger partial charge on any atom is 0.335 e. The molecule has 1 aliphatic rings. The van der Waals surface area contributed by atoms with Gasteiger partial charge in [0, 0.05) is 6.54 Å². The second kappa shape index (κ2) is 4.09. The van der Waals surface area contributed by atoms with Crippen LogP contribution in [0.15, 0.2) is 0 Å². The zero-order valence-corrected chi connectivity index (χ0v) is 8.56. The molecular formula is C9H11N3O3. The lowest BCUT2D eigenvalue weighted by molar-refractivity contribution is -0.143. The predicted molar refractivity (Wildman–Crippen MR) is 49.3 cm³/mol. The SMILES string of the molecule is CC(C)CN1C(=O)C(=O)N(CC#N)C1=O. The molecule has 4 amide bonds. The van der Waals surface area contributed by atoms with E-state index in [1.165, 1.54) is 0 Å². The van der Waals surface area contributed by atoms with Crippen molar-refractivity contribution in [3.05, 3.63) is 0 Å². The van der Waals surface area contributed by atoms with E-state index in [4.69, 9.17) is 5.26 Å². The Bertz CT molecular complexity index is 356. The smallest absolute Gasteiger partial charge is 0.263 e. The fourth-order valence-electron chi connectivity index (χ4n) is 1.29. The van der Waals surface area contributed by atoms with Gasteiger partial charge in [-0.1, -0.05) is 13.8 Å². The molecule has 0 saturated carbocycles. The average Bonchev–Trinajstić information content (AvgIpc) is 2.35. The highest BCUT2D eigenvalue weighted by molar-refractivity contribution is 6.44. The van der Waals surface area contributed by atoms with Gasteiger partial charge in [0.25, 0.3) is 0 Å². The summed E-state index contributed by atoms with van der Waals surface area (Å²) in [4.78, 5) is 35.6. The molecule has 0 bridgehead atoms. The third kappa shape index (κ3) is 1.96. The molecule has 1 aliphatic heterocycles.